The number of nitrogens with zero attached hydrogens (tertiary/aromatic N) is 2. The van der Waals surface area contributed by atoms with Crippen LogP contribution in [0.3, 0.4) is 0 Å². The Morgan fingerprint density at radius 3 is 2.54 bits per heavy atom. The molecule has 0 spiro atoms. The molecule has 0 saturated heterocycles. The summed E-state index contributed by atoms with van der Waals surface area (Å²) in [5.41, 5.74) is 0.607. The van der Waals surface area contributed by atoms with Crippen LogP contribution in [0.25, 0.3) is 0 Å². The van der Waals surface area contributed by atoms with E-state index in [1.807, 2.05) is 0 Å². The number of anilines is 2. The molecular formula is C16H19ClN4O2S. The number of benzene rings is 1. The summed E-state index contributed by atoms with van der Waals surface area (Å²) >= 11 is 7.21. The van der Waals surface area contributed by atoms with Crippen molar-refractivity contribution in [3.8, 4) is 0 Å². The Balaban J connectivity index is 1.76. The van der Waals surface area contributed by atoms with Crippen molar-refractivity contribution >= 4 is 45.6 Å². The number of aromatic nitrogens is 2. The number of carbonyl (C=O) groups is 2. The summed E-state index contributed by atoms with van der Waals surface area (Å²) in [6.45, 7) is 4.19. The van der Waals surface area contributed by atoms with Crippen LogP contribution in [0.15, 0.2) is 24.3 Å². The molecule has 128 valence electrons. The molecule has 2 rings (SSSR count). The van der Waals surface area contributed by atoms with E-state index in [2.05, 4.69) is 34.7 Å². The van der Waals surface area contributed by atoms with E-state index in [4.69, 9.17) is 11.6 Å². The molecule has 0 bridgehead atoms. The van der Waals surface area contributed by atoms with Crippen molar-refractivity contribution in [2.75, 3.05) is 10.6 Å². The van der Waals surface area contributed by atoms with Gasteiger partial charge in [-0.05, 0) is 24.1 Å². The Labute approximate surface area is 149 Å². The van der Waals surface area contributed by atoms with Gasteiger partial charge in [-0.2, -0.15) is 0 Å². The molecule has 0 aliphatic carbocycles. The second-order valence-electron chi connectivity index (χ2n) is 5.71. The number of amides is 2. The Hall–Kier alpha value is -1.99. The van der Waals surface area contributed by atoms with Gasteiger partial charge in [-0.3, -0.25) is 9.59 Å². The fraction of sp³-hybridized carbons (Fsp3) is 0.375. The van der Waals surface area contributed by atoms with Gasteiger partial charge in [0.1, 0.15) is 5.01 Å². The molecule has 0 aliphatic rings. The molecule has 1 aromatic heterocycles. The summed E-state index contributed by atoms with van der Waals surface area (Å²) in [5.74, 6) is -0.0228. The average molecular weight is 367 g/mol. The number of hydrogen-bond donors (Lipinski definition) is 2. The number of carbonyl (C=O) groups excluding carboxylic acids is 2. The fourth-order valence-electron chi connectivity index (χ4n) is 1.93. The SMILES string of the molecule is CC(C)Cc1nnc(NC(=O)CCC(=O)Nc2cccc(Cl)c2)s1. The third kappa shape index (κ3) is 6.25. The Morgan fingerprint density at radius 1 is 1.17 bits per heavy atom. The lowest BCUT2D eigenvalue weighted by molar-refractivity contribution is -0.121. The van der Waals surface area contributed by atoms with E-state index in [0.29, 0.717) is 21.8 Å². The third-order valence-corrected chi connectivity index (χ3v) is 4.08. The molecule has 2 N–H and O–H groups in total. The zero-order chi connectivity index (χ0) is 17.5. The van der Waals surface area contributed by atoms with E-state index in [1.54, 1.807) is 24.3 Å². The second kappa shape index (κ2) is 8.75. The van der Waals surface area contributed by atoms with E-state index < -0.39 is 0 Å². The minimum absolute atomic E-state index is 0.0749. The van der Waals surface area contributed by atoms with Crippen molar-refractivity contribution in [3.63, 3.8) is 0 Å². The smallest absolute Gasteiger partial charge is 0.226 e. The van der Waals surface area contributed by atoms with Gasteiger partial charge < -0.3 is 10.6 Å². The number of halogens is 1. The quantitative estimate of drug-likeness (QED) is 0.781. The van der Waals surface area contributed by atoms with Gasteiger partial charge in [0.2, 0.25) is 16.9 Å². The summed E-state index contributed by atoms with van der Waals surface area (Å²) in [5, 5.41) is 15.2. The largest absolute Gasteiger partial charge is 0.326 e. The molecule has 0 fully saturated rings. The van der Waals surface area contributed by atoms with Crippen LogP contribution in [0.2, 0.25) is 5.02 Å². The van der Waals surface area contributed by atoms with Crippen molar-refractivity contribution in [1.82, 2.24) is 10.2 Å². The lowest BCUT2D eigenvalue weighted by Crippen LogP contribution is -2.17. The lowest BCUT2D eigenvalue weighted by atomic mass is 10.1. The maximum Gasteiger partial charge on any atom is 0.226 e. The van der Waals surface area contributed by atoms with Crippen molar-refractivity contribution in [1.29, 1.82) is 0 Å². The van der Waals surface area contributed by atoms with Gasteiger partial charge in [0.25, 0.3) is 0 Å². The highest BCUT2D eigenvalue weighted by Crippen LogP contribution is 2.19. The number of rotatable bonds is 7. The number of nitrogens with one attached hydrogen (secondary N) is 2. The van der Waals surface area contributed by atoms with Crippen molar-refractivity contribution in [2.24, 2.45) is 5.92 Å². The lowest BCUT2D eigenvalue weighted by Gasteiger charge is -2.05. The zero-order valence-electron chi connectivity index (χ0n) is 13.5. The highest BCUT2D eigenvalue weighted by atomic mass is 35.5. The molecule has 0 saturated carbocycles. The van der Waals surface area contributed by atoms with E-state index in [9.17, 15) is 9.59 Å². The predicted molar refractivity (Wildman–Crippen MR) is 96.4 cm³/mol. The molecule has 0 atom stereocenters. The molecular weight excluding hydrogens is 348 g/mol. The van der Waals surface area contributed by atoms with Crippen LogP contribution >= 0.6 is 22.9 Å². The van der Waals surface area contributed by atoms with Gasteiger partial charge in [0, 0.05) is 30.0 Å². The van der Waals surface area contributed by atoms with Gasteiger partial charge >= 0.3 is 0 Å². The Morgan fingerprint density at radius 2 is 1.88 bits per heavy atom. The van der Waals surface area contributed by atoms with E-state index in [1.165, 1.54) is 11.3 Å². The van der Waals surface area contributed by atoms with Crippen LogP contribution in [-0.2, 0) is 16.0 Å². The maximum atomic E-state index is 11.9. The molecule has 2 aromatic rings. The predicted octanol–water partition coefficient (Wildman–Crippen LogP) is 3.75. The first-order chi connectivity index (χ1) is 11.4. The van der Waals surface area contributed by atoms with E-state index >= 15 is 0 Å². The standard InChI is InChI=1S/C16H19ClN4O2S/c1-10(2)8-15-20-21-16(24-15)19-14(23)7-6-13(22)18-12-5-3-4-11(17)9-12/h3-5,9-10H,6-8H2,1-2H3,(H,18,22)(H,19,21,23). The van der Waals surface area contributed by atoms with Crippen LogP contribution in [0.5, 0.6) is 0 Å². The molecule has 1 heterocycles. The van der Waals surface area contributed by atoms with E-state index in [0.717, 1.165) is 11.4 Å². The summed E-state index contributed by atoms with van der Waals surface area (Å²) in [6, 6.07) is 6.85. The topological polar surface area (TPSA) is 84.0 Å². The van der Waals surface area contributed by atoms with E-state index in [-0.39, 0.29) is 24.7 Å². The highest BCUT2D eigenvalue weighted by Gasteiger charge is 2.11. The molecule has 0 unspecified atom stereocenters. The first kappa shape index (κ1) is 18.4. The third-order valence-electron chi connectivity index (χ3n) is 2.98. The molecule has 2 amide bonds. The molecule has 0 radical (unpaired) electrons. The van der Waals surface area contributed by atoms with Crippen molar-refractivity contribution in [2.45, 2.75) is 33.1 Å². The Bertz CT molecular complexity index is 718. The van der Waals surface area contributed by atoms with Crippen molar-refractivity contribution in [3.05, 3.63) is 34.3 Å². The molecule has 0 aliphatic heterocycles. The number of hydrogen-bond acceptors (Lipinski definition) is 5. The van der Waals surface area contributed by atoms with Crippen LogP contribution < -0.4 is 10.6 Å². The van der Waals surface area contributed by atoms with Gasteiger partial charge in [0.15, 0.2) is 0 Å². The Kier molecular flexibility index (Phi) is 6.69. The molecule has 24 heavy (non-hydrogen) atoms. The molecule has 6 nitrogen and oxygen atoms in total. The zero-order valence-corrected chi connectivity index (χ0v) is 15.1. The average Bonchev–Trinajstić information content (AvgIpc) is 2.91. The molecule has 8 heteroatoms. The summed E-state index contributed by atoms with van der Waals surface area (Å²) in [4.78, 5) is 23.7. The second-order valence-corrected chi connectivity index (χ2v) is 7.20. The van der Waals surface area contributed by atoms with Crippen LogP contribution in [-0.4, -0.2) is 22.0 Å². The summed E-state index contributed by atoms with van der Waals surface area (Å²) in [7, 11) is 0. The normalized spacial score (nSPS) is 10.7. The first-order valence-corrected chi connectivity index (χ1v) is 8.79. The van der Waals surface area contributed by atoms with Gasteiger partial charge in [-0.25, -0.2) is 0 Å². The monoisotopic (exact) mass is 366 g/mol. The first-order valence-electron chi connectivity index (χ1n) is 7.60. The molecule has 1 aromatic carbocycles. The summed E-state index contributed by atoms with van der Waals surface area (Å²) in [6.07, 6.45) is 0.983. The maximum absolute atomic E-state index is 11.9. The van der Waals surface area contributed by atoms with Gasteiger partial charge in [-0.1, -0.05) is 42.9 Å². The van der Waals surface area contributed by atoms with Crippen LogP contribution in [0, 0.1) is 5.92 Å². The van der Waals surface area contributed by atoms with Gasteiger partial charge in [0.05, 0.1) is 0 Å². The van der Waals surface area contributed by atoms with Gasteiger partial charge in [-0.15, -0.1) is 10.2 Å². The fourth-order valence-corrected chi connectivity index (χ4v) is 3.09. The van der Waals surface area contributed by atoms with Crippen LogP contribution in [0.1, 0.15) is 31.7 Å². The summed E-state index contributed by atoms with van der Waals surface area (Å²) < 4.78 is 0. The van der Waals surface area contributed by atoms with Crippen molar-refractivity contribution < 1.29 is 9.59 Å². The minimum Gasteiger partial charge on any atom is -0.326 e. The highest BCUT2D eigenvalue weighted by molar-refractivity contribution is 7.15. The van der Waals surface area contributed by atoms with Crippen LogP contribution in [0.4, 0.5) is 10.8 Å². The minimum atomic E-state index is -0.261.